The van der Waals surface area contributed by atoms with Crippen molar-refractivity contribution in [1.29, 1.82) is 0 Å². The maximum atomic E-state index is 12.8. The van der Waals surface area contributed by atoms with E-state index in [9.17, 15) is 13.6 Å². The largest absolute Gasteiger partial charge is 0.586 e. The van der Waals surface area contributed by atoms with E-state index in [4.69, 9.17) is 10.8 Å². The number of hydrogen-bond acceptors (Lipinski definition) is 4. The van der Waals surface area contributed by atoms with Gasteiger partial charge in [-0.1, -0.05) is 12.1 Å². The fraction of sp³-hybridized carbons (Fsp3) is 0.300. The lowest BCUT2D eigenvalue weighted by Crippen LogP contribution is -2.32. The average Bonchev–Trinajstić information content (AvgIpc) is 2.53. The second-order valence-electron chi connectivity index (χ2n) is 3.56. The van der Waals surface area contributed by atoms with Gasteiger partial charge in [-0.05, 0) is 6.07 Å². The van der Waals surface area contributed by atoms with Crippen LogP contribution in [0.1, 0.15) is 5.56 Å². The molecule has 0 spiro atoms. The molecule has 1 unspecified atom stereocenters. The number of halogens is 3. The molecule has 0 aromatic heterocycles. The maximum Gasteiger partial charge on any atom is 0.586 e. The Kier molecular flexibility index (Phi) is 3.98. The van der Waals surface area contributed by atoms with Crippen LogP contribution in [-0.2, 0) is 11.2 Å². The van der Waals surface area contributed by atoms with Gasteiger partial charge in [-0.25, -0.2) is 0 Å². The molecule has 8 heteroatoms. The molecule has 1 atom stereocenters. The normalized spacial score (nSPS) is 16.8. The number of fused-ring (bicyclic) bond motifs is 1. The van der Waals surface area contributed by atoms with Gasteiger partial charge in [0.25, 0.3) is 0 Å². The van der Waals surface area contributed by atoms with E-state index in [0.29, 0.717) is 0 Å². The van der Waals surface area contributed by atoms with E-state index >= 15 is 0 Å². The molecular formula is C10H10ClF2NO4. The predicted octanol–water partition coefficient (Wildman–Crippen LogP) is 1.38. The van der Waals surface area contributed by atoms with Crippen LogP contribution >= 0.6 is 12.4 Å². The minimum atomic E-state index is -3.72. The average molecular weight is 282 g/mol. The Morgan fingerprint density at radius 1 is 1.44 bits per heavy atom. The Hall–Kier alpha value is -1.60. The lowest BCUT2D eigenvalue weighted by atomic mass is 10.1. The molecule has 3 N–H and O–H groups in total. The number of alkyl halides is 2. The molecule has 0 saturated carbocycles. The zero-order valence-corrected chi connectivity index (χ0v) is 9.75. The van der Waals surface area contributed by atoms with Crippen molar-refractivity contribution < 1.29 is 28.2 Å². The number of hydrogen-bond donors (Lipinski definition) is 2. The van der Waals surface area contributed by atoms with Gasteiger partial charge in [0.05, 0.1) is 0 Å². The Morgan fingerprint density at radius 2 is 2.11 bits per heavy atom. The van der Waals surface area contributed by atoms with Crippen molar-refractivity contribution in [3.63, 3.8) is 0 Å². The SMILES string of the molecule is Cl.NC(Cc1cccc2c1OC(F)(F)O2)C(=O)O. The summed E-state index contributed by atoms with van der Waals surface area (Å²) in [5.41, 5.74) is 5.60. The van der Waals surface area contributed by atoms with Gasteiger partial charge in [0.1, 0.15) is 6.04 Å². The lowest BCUT2D eigenvalue weighted by Gasteiger charge is -2.09. The van der Waals surface area contributed by atoms with Gasteiger partial charge in [0, 0.05) is 12.0 Å². The molecule has 0 bridgehead atoms. The van der Waals surface area contributed by atoms with E-state index in [0.717, 1.165) is 0 Å². The first kappa shape index (κ1) is 14.5. The number of aliphatic carboxylic acids is 1. The summed E-state index contributed by atoms with van der Waals surface area (Å²) in [5.74, 6) is -1.49. The summed E-state index contributed by atoms with van der Waals surface area (Å²) in [6.07, 6.45) is -3.83. The number of benzene rings is 1. The number of para-hydroxylation sites is 1. The summed E-state index contributed by atoms with van der Waals surface area (Å²) >= 11 is 0. The van der Waals surface area contributed by atoms with Crippen LogP contribution in [0.2, 0.25) is 0 Å². The van der Waals surface area contributed by atoms with Crippen LogP contribution in [0.15, 0.2) is 18.2 Å². The third-order valence-electron chi connectivity index (χ3n) is 2.27. The molecule has 18 heavy (non-hydrogen) atoms. The third kappa shape index (κ3) is 2.80. The van der Waals surface area contributed by atoms with Crippen LogP contribution in [0.25, 0.3) is 0 Å². The molecule has 1 aromatic rings. The number of rotatable bonds is 3. The molecule has 1 aromatic carbocycles. The van der Waals surface area contributed by atoms with Crippen molar-refractivity contribution in [2.45, 2.75) is 18.8 Å². The number of ether oxygens (including phenoxy) is 2. The van der Waals surface area contributed by atoms with Crippen LogP contribution in [0.5, 0.6) is 11.5 Å². The van der Waals surface area contributed by atoms with E-state index in [1.165, 1.54) is 18.2 Å². The quantitative estimate of drug-likeness (QED) is 0.875. The van der Waals surface area contributed by atoms with Crippen molar-refractivity contribution in [2.75, 3.05) is 0 Å². The van der Waals surface area contributed by atoms with Gasteiger partial charge in [0.15, 0.2) is 11.5 Å². The second kappa shape index (κ2) is 4.95. The monoisotopic (exact) mass is 281 g/mol. The van der Waals surface area contributed by atoms with Crippen molar-refractivity contribution >= 4 is 18.4 Å². The van der Waals surface area contributed by atoms with E-state index < -0.39 is 18.3 Å². The molecule has 0 radical (unpaired) electrons. The van der Waals surface area contributed by atoms with Crippen LogP contribution in [0.4, 0.5) is 8.78 Å². The Labute approximate surface area is 107 Å². The molecule has 5 nitrogen and oxygen atoms in total. The number of nitrogens with two attached hydrogens (primary N) is 1. The molecular weight excluding hydrogens is 272 g/mol. The second-order valence-corrected chi connectivity index (χ2v) is 3.56. The minimum Gasteiger partial charge on any atom is -0.480 e. The first-order valence-corrected chi connectivity index (χ1v) is 4.75. The van der Waals surface area contributed by atoms with Crippen LogP contribution in [-0.4, -0.2) is 23.4 Å². The zero-order chi connectivity index (χ0) is 12.6. The van der Waals surface area contributed by atoms with Crippen LogP contribution in [0, 0.1) is 0 Å². The Morgan fingerprint density at radius 3 is 2.72 bits per heavy atom. The fourth-order valence-electron chi connectivity index (χ4n) is 1.51. The molecule has 1 heterocycles. The summed E-state index contributed by atoms with van der Waals surface area (Å²) in [7, 11) is 0. The zero-order valence-electron chi connectivity index (χ0n) is 8.93. The Bertz CT molecular complexity index is 469. The van der Waals surface area contributed by atoms with E-state index in [1.54, 1.807) is 0 Å². The van der Waals surface area contributed by atoms with Crippen molar-refractivity contribution in [3.05, 3.63) is 23.8 Å². The van der Waals surface area contributed by atoms with Gasteiger partial charge in [-0.2, -0.15) is 0 Å². The molecule has 0 saturated heterocycles. The van der Waals surface area contributed by atoms with E-state index in [-0.39, 0.29) is 35.9 Å². The first-order chi connectivity index (χ1) is 7.89. The van der Waals surface area contributed by atoms with Gasteiger partial charge in [-0.15, -0.1) is 21.2 Å². The van der Waals surface area contributed by atoms with E-state index in [2.05, 4.69) is 9.47 Å². The molecule has 100 valence electrons. The van der Waals surface area contributed by atoms with Gasteiger partial charge in [0.2, 0.25) is 0 Å². The summed E-state index contributed by atoms with van der Waals surface area (Å²) in [6, 6.07) is 3.06. The van der Waals surface area contributed by atoms with Crippen LogP contribution < -0.4 is 15.2 Å². The summed E-state index contributed by atoms with van der Waals surface area (Å²) in [4.78, 5) is 10.6. The highest BCUT2D eigenvalue weighted by Gasteiger charge is 2.44. The predicted molar refractivity (Wildman–Crippen MR) is 59.2 cm³/mol. The fourth-order valence-corrected chi connectivity index (χ4v) is 1.51. The lowest BCUT2D eigenvalue weighted by molar-refractivity contribution is -0.286. The van der Waals surface area contributed by atoms with Crippen molar-refractivity contribution in [3.8, 4) is 11.5 Å². The molecule has 0 amide bonds. The number of carbonyl (C=O) groups is 1. The number of carboxylic acids is 1. The third-order valence-corrected chi connectivity index (χ3v) is 2.27. The molecule has 0 aliphatic carbocycles. The van der Waals surface area contributed by atoms with Gasteiger partial charge < -0.3 is 20.3 Å². The summed E-state index contributed by atoms with van der Waals surface area (Å²) < 4.78 is 34.2. The highest BCUT2D eigenvalue weighted by atomic mass is 35.5. The smallest absolute Gasteiger partial charge is 0.480 e. The highest BCUT2D eigenvalue weighted by molar-refractivity contribution is 5.85. The van der Waals surface area contributed by atoms with Crippen molar-refractivity contribution in [2.24, 2.45) is 5.73 Å². The molecule has 1 aliphatic rings. The molecule has 2 rings (SSSR count). The Balaban J connectivity index is 0.00000162. The van der Waals surface area contributed by atoms with Crippen LogP contribution in [0.3, 0.4) is 0 Å². The van der Waals surface area contributed by atoms with Crippen molar-refractivity contribution in [1.82, 2.24) is 0 Å². The van der Waals surface area contributed by atoms with E-state index in [1.807, 2.05) is 0 Å². The standard InChI is InChI=1S/C10H9F2NO4.ClH/c11-10(12)16-7-3-1-2-5(8(7)17-10)4-6(13)9(14)15;/h1-3,6H,4,13H2,(H,14,15);1H. The molecule has 0 fully saturated rings. The summed E-state index contributed by atoms with van der Waals surface area (Å²) in [6.45, 7) is 0. The topological polar surface area (TPSA) is 81.8 Å². The highest BCUT2D eigenvalue weighted by Crippen LogP contribution is 2.43. The first-order valence-electron chi connectivity index (χ1n) is 4.75. The minimum absolute atomic E-state index is 0. The number of carboxylic acid groups (broad SMARTS) is 1. The van der Waals surface area contributed by atoms with Gasteiger partial charge in [-0.3, -0.25) is 4.79 Å². The summed E-state index contributed by atoms with van der Waals surface area (Å²) in [5, 5.41) is 8.65. The molecule has 1 aliphatic heterocycles. The maximum absolute atomic E-state index is 12.8. The van der Waals surface area contributed by atoms with Gasteiger partial charge >= 0.3 is 12.3 Å².